The lowest BCUT2D eigenvalue weighted by Crippen LogP contribution is -2.58. The summed E-state index contributed by atoms with van der Waals surface area (Å²) < 4.78 is 62.0. The number of carbonyl (C=O) groups is 3. The average molecular weight is 542 g/mol. The monoisotopic (exact) mass is 541 g/mol. The Kier molecular flexibility index (Phi) is 8.80. The number of nitrogens with one attached hydrogen (secondary N) is 2. The maximum Gasteiger partial charge on any atom is 0.411 e. The van der Waals surface area contributed by atoms with Gasteiger partial charge in [0.1, 0.15) is 11.5 Å². The highest BCUT2D eigenvalue weighted by molar-refractivity contribution is 5.98. The minimum absolute atomic E-state index is 0.0737. The van der Waals surface area contributed by atoms with Gasteiger partial charge in [-0.2, -0.15) is 18.3 Å². The SMILES string of the molecule is Cc1cc(NC(=O)CNC(=O)c2ccnn2C(C)C)c(F)cc1C(C)C(=O)N1CC(C)OCC1C(F)(F)F. The zero-order valence-corrected chi connectivity index (χ0v) is 21.7. The van der Waals surface area contributed by atoms with Crippen LogP contribution < -0.4 is 10.6 Å². The van der Waals surface area contributed by atoms with Crippen molar-refractivity contribution in [2.75, 3.05) is 25.0 Å². The molecule has 2 aromatic rings. The minimum Gasteiger partial charge on any atom is -0.374 e. The molecule has 0 spiro atoms. The zero-order chi connectivity index (χ0) is 28.4. The van der Waals surface area contributed by atoms with Crippen LogP contribution in [-0.4, -0.2) is 70.4 Å². The fourth-order valence-corrected chi connectivity index (χ4v) is 4.31. The summed E-state index contributed by atoms with van der Waals surface area (Å²) >= 11 is 0. The molecule has 0 radical (unpaired) electrons. The van der Waals surface area contributed by atoms with E-state index < -0.39 is 60.9 Å². The van der Waals surface area contributed by atoms with Gasteiger partial charge in [-0.25, -0.2) is 4.39 Å². The van der Waals surface area contributed by atoms with E-state index >= 15 is 0 Å². The van der Waals surface area contributed by atoms with Crippen LogP contribution in [-0.2, 0) is 14.3 Å². The predicted octanol–water partition coefficient (Wildman–Crippen LogP) is 3.56. The number of hydrogen-bond donors (Lipinski definition) is 2. The standard InChI is InChI=1S/C25H31F4N5O4/c1-13(2)34-20(6-7-31-34)23(36)30-10-22(35)32-19-8-14(3)17(9-18(19)26)16(5)24(37)33-11-15(4)38-12-21(33)25(27,28)29/h6-9,13,15-16,21H,10-12H2,1-5H3,(H,30,36)(H,32,35). The lowest BCUT2D eigenvalue weighted by Gasteiger charge is -2.40. The maximum absolute atomic E-state index is 14.9. The van der Waals surface area contributed by atoms with Crippen LogP contribution in [0.1, 0.15) is 61.3 Å². The number of aryl methyl sites for hydroxylation is 1. The van der Waals surface area contributed by atoms with Crippen molar-refractivity contribution in [3.63, 3.8) is 0 Å². The van der Waals surface area contributed by atoms with E-state index in [9.17, 15) is 31.9 Å². The highest BCUT2D eigenvalue weighted by Crippen LogP contribution is 2.33. The number of anilines is 1. The number of carbonyl (C=O) groups excluding carboxylic acids is 3. The quantitative estimate of drug-likeness (QED) is 0.522. The third-order valence-electron chi connectivity index (χ3n) is 6.30. The number of aromatic nitrogens is 2. The number of benzene rings is 1. The summed E-state index contributed by atoms with van der Waals surface area (Å²) in [6, 6.07) is 1.67. The Bertz CT molecular complexity index is 1200. The second kappa shape index (κ2) is 11.5. The zero-order valence-electron chi connectivity index (χ0n) is 21.7. The van der Waals surface area contributed by atoms with E-state index in [-0.39, 0.29) is 29.5 Å². The third-order valence-corrected chi connectivity index (χ3v) is 6.30. The summed E-state index contributed by atoms with van der Waals surface area (Å²) in [5, 5.41) is 8.87. The number of amides is 3. The van der Waals surface area contributed by atoms with E-state index in [1.807, 2.05) is 13.8 Å². The number of nitrogens with zero attached hydrogens (tertiary/aromatic N) is 3. The van der Waals surface area contributed by atoms with Crippen LogP contribution in [0.3, 0.4) is 0 Å². The van der Waals surface area contributed by atoms with E-state index in [4.69, 9.17) is 4.74 Å². The molecule has 0 bridgehead atoms. The normalized spacial score (nSPS) is 18.8. The second-order valence-electron chi connectivity index (χ2n) is 9.59. The van der Waals surface area contributed by atoms with Gasteiger partial charge in [-0.1, -0.05) is 0 Å². The number of halogens is 4. The molecule has 0 aliphatic carbocycles. The van der Waals surface area contributed by atoms with Crippen molar-refractivity contribution in [2.24, 2.45) is 0 Å². The molecular formula is C25H31F4N5O4. The van der Waals surface area contributed by atoms with E-state index in [0.717, 1.165) is 11.0 Å². The van der Waals surface area contributed by atoms with Gasteiger partial charge in [-0.3, -0.25) is 19.1 Å². The van der Waals surface area contributed by atoms with E-state index in [1.54, 1.807) is 13.8 Å². The van der Waals surface area contributed by atoms with Crippen LogP contribution in [0.15, 0.2) is 24.4 Å². The van der Waals surface area contributed by atoms with Gasteiger partial charge in [-0.05, 0) is 63.9 Å². The first-order valence-electron chi connectivity index (χ1n) is 12.1. The molecule has 13 heteroatoms. The van der Waals surface area contributed by atoms with Gasteiger partial charge in [-0.15, -0.1) is 0 Å². The molecule has 1 saturated heterocycles. The second-order valence-corrected chi connectivity index (χ2v) is 9.59. The van der Waals surface area contributed by atoms with E-state index in [1.165, 1.54) is 29.9 Å². The van der Waals surface area contributed by atoms with Crippen LogP contribution in [0.4, 0.5) is 23.2 Å². The van der Waals surface area contributed by atoms with Gasteiger partial charge < -0.3 is 20.3 Å². The summed E-state index contributed by atoms with van der Waals surface area (Å²) in [6.07, 6.45) is -3.79. The van der Waals surface area contributed by atoms with Crippen molar-refractivity contribution in [3.05, 3.63) is 47.0 Å². The number of ether oxygens (including phenoxy) is 1. The largest absolute Gasteiger partial charge is 0.411 e. The first kappa shape index (κ1) is 29.1. The molecule has 1 aliphatic rings. The molecule has 1 aromatic heterocycles. The Labute approximate surface area is 217 Å². The van der Waals surface area contributed by atoms with Crippen molar-refractivity contribution >= 4 is 23.4 Å². The van der Waals surface area contributed by atoms with Gasteiger partial charge in [0.15, 0.2) is 6.04 Å². The van der Waals surface area contributed by atoms with Gasteiger partial charge in [0.25, 0.3) is 5.91 Å². The molecule has 208 valence electrons. The summed E-state index contributed by atoms with van der Waals surface area (Å²) in [4.78, 5) is 38.6. The average Bonchev–Trinajstić information content (AvgIpc) is 3.33. The van der Waals surface area contributed by atoms with E-state index in [2.05, 4.69) is 15.7 Å². The van der Waals surface area contributed by atoms with Crippen LogP contribution in [0.25, 0.3) is 0 Å². The van der Waals surface area contributed by atoms with Crippen LogP contribution in [0.5, 0.6) is 0 Å². The van der Waals surface area contributed by atoms with Crippen LogP contribution in [0.2, 0.25) is 0 Å². The first-order chi connectivity index (χ1) is 17.7. The Hall–Kier alpha value is -3.48. The molecular weight excluding hydrogens is 510 g/mol. The van der Waals surface area contributed by atoms with Gasteiger partial charge in [0.2, 0.25) is 11.8 Å². The highest BCUT2D eigenvalue weighted by Gasteiger charge is 2.49. The van der Waals surface area contributed by atoms with Gasteiger partial charge >= 0.3 is 6.18 Å². The Morgan fingerprint density at radius 2 is 1.89 bits per heavy atom. The van der Waals surface area contributed by atoms with Crippen LogP contribution >= 0.6 is 0 Å². The third kappa shape index (κ3) is 6.50. The molecule has 3 rings (SSSR count). The molecule has 3 unspecified atom stereocenters. The molecule has 3 atom stereocenters. The molecule has 1 aromatic carbocycles. The fourth-order valence-electron chi connectivity index (χ4n) is 4.31. The lowest BCUT2D eigenvalue weighted by molar-refractivity contribution is -0.221. The molecule has 1 aliphatic heterocycles. The number of alkyl halides is 3. The Morgan fingerprint density at radius 3 is 2.53 bits per heavy atom. The molecule has 2 heterocycles. The topological polar surface area (TPSA) is 106 Å². The van der Waals surface area contributed by atoms with Crippen molar-refractivity contribution in [2.45, 2.75) is 64.9 Å². The first-order valence-corrected chi connectivity index (χ1v) is 12.1. The van der Waals surface area contributed by atoms with Crippen molar-refractivity contribution < 1.29 is 36.7 Å². The summed E-state index contributed by atoms with van der Waals surface area (Å²) in [7, 11) is 0. The highest BCUT2D eigenvalue weighted by atomic mass is 19.4. The van der Waals surface area contributed by atoms with Crippen molar-refractivity contribution in [1.29, 1.82) is 0 Å². The fraction of sp³-hybridized carbons (Fsp3) is 0.520. The molecule has 3 amide bonds. The predicted molar refractivity (Wildman–Crippen MR) is 130 cm³/mol. The molecule has 38 heavy (non-hydrogen) atoms. The molecule has 9 nitrogen and oxygen atoms in total. The Balaban J connectivity index is 1.69. The number of hydrogen-bond acceptors (Lipinski definition) is 5. The number of morpholine rings is 1. The van der Waals surface area contributed by atoms with Gasteiger partial charge in [0.05, 0.1) is 30.9 Å². The Morgan fingerprint density at radius 1 is 1.21 bits per heavy atom. The number of rotatable bonds is 7. The smallest absolute Gasteiger partial charge is 0.374 e. The van der Waals surface area contributed by atoms with E-state index in [0.29, 0.717) is 5.56 Å². The van der Waals surface area contributed by atoms with Crippen molar-refractivity contribution in [1.82, 2.24) is 20.0 Å². The molecule has 0 saturated carbocycles. The summed E-state index contributed by atoms with van der Waals surface area (Å²) in [5.74, 6) is -3.97. The lowest BCUT2D eigenvalue weighted by atomic mass is 9.93. The summed E-state index contributed by atoms with van der Waals surface area (Å²) in [5.41, 5.74) is 0.670. The van der Waals surface area contributed by atoms with Crippen LogP contribution in [0, 0.1) is 12.7 Å². The summed E-state index contributed by atoms with van der Waals surface area (Å²) in [6.45, 7) is 6.88. The van der Waals surface area contributed by atoms with Crippen molar-refractivity contribution in [3.8, 4) is 0 Å². The minimum atomic E-state index is -4.67. The van der Waals surface area contributed by atoms with Gasteiger partial charge in [0, 0.05) is 18.8 Å². The molecule has 2 N–H and O–H groups in total. The maximum atomic E-state index is 14.9. The molecule has 1 fully saturated rings.